The number of fused-ring (bicyclic) bond motifs is 3. The molecule has 1 aromatic carbocycles. The summed E-state index contributed by atoms with van der Waals surface area (Å²) < 4.78 is 3.09. The number of hydrogen-bond donors (Lipinski definition) is 2. The van der Waals surface area contributed by atoms with E-state index in [1.165, 1.54) is 0 Å². The first kappa shape index (κ1) is 14.0. The minimum atomic E-state index is 0.185. The lowest BCUT2D eigenvalue weighted by atomic mass is 10.1. The van der Waals surface area contributed by atoms with Crippen LogP contribution in [0.15, 0.2) is 47.2 Å². The van der Waals surface area contributed by atoms with Crippen molar-refractivity contribution in [2.45, 2.75) is 6.54 Å². The highest BCUT2D eigenvalue weighted by atomic mass is 79.9. The number of pyridine rings is 1. The van der Waals surface area contributed by atoms with Crippen LogP contribution in [0, 0.1) is 0 Å². The predicted molar refractivity (Wildman–Crippen MR) is 94.9 cm³/mol. The fourth-order valence-electron chi connectivity index (χ4n) is 2.72. The number of benzene rings is 1. The molecule has 7 heteroatoms. The van der Waals surface area contributed by atoms with Gasteiger partial charge in [0.2, 0.25) is 5.95 Å². The Morgan fingerprint density at radius 2 is 1.87 bits per heavy atom. The molecule has 114 valence electrons. The third-order valence-electron chi connectivity index (χ3n) is 3.78. The predicted octanol–water partition coefficient (Wildman–Crippen LogP) is 2.95. The van der Waals surface area contributed by atoms with Crippen LogP contribution in [0.4, 0.5) is 11.8 Å². The highest BCUT2D eigenvalue weighted by Gasteiger charge is 2.10. The van der Waals surface area contributed by atoms with Crippen molar-refractivity contribution < 1.29 is 0 Å². The molecule has 0 fully saturated rings. The first-order chi connectivity index (χ1) is 11.1. The summed E-state index contributed by atoms with van der Waals surface area (Å²) in [4.78, 5) is 12.8. The summed E-state index contributed by atoms with van der Waals surface area (Å²) in [6.45, 7) is 0.679. The van der Waals surface area contributed by atoms with Crippen molar-refractivity contribution in [2.24, 2.45) is 0 Å². The van der Waals surface area contributed by atoms with Gasteiger partial charge in [0.25, 0.3) is 0 Å². The normalized spacial score (nSPS) is 11.3. The Hall–Kier alpha value is -2.67. The van der Waals surface area contributed by atoms with E-state index in [1.54, 1.807) is 6.20 Å². The van der Waals surface area contributed by atoms with E-state index in [-0.39, 0.29) is 5.95 Å². The maximum atomic E-state index is 5.94. The first-order valence-electron chi connectivity index (χ1n) is 7.03. The van der Waals surface area contributed by atoms with Crippen molar-refractivity contribution in [3.63, 3.8) is 0 Å². The van der Waals surface area contributed by atoms with Gasteiger partial charge in [-0.1, -0.05) is 0 Å². The van der Waals surface area contributed by atoms with Crippen LogP contribution in [0.3, 0.4) is 0 Å². The van der Waals surface area contributed by atoms with Gasteiger partial charge in [-0.3, -0.25) is 4.98 Å². The zero-order valence-corrected chi connectivity index (χ0v) is 13.7. The van der Waals surface area contributed by atoms with E-state index < -0.39 is 0 Å². The van der Waals surface area contributed by atoms with Crippen molar-refractivity contribution in [1.82, 2.24) is 19.5 Å². The Morgan fingerprint density at radius 3 is 2.65 bits per heavy atom. The summed E-state index contributed by atoms with van der Waals surface area (Å²) >= 11 is 3.40. The Labute approximate surface area is 140 Å². The summed E-state index contributed by atoms with van der Waals surface area (Å²) in [7, 11) is 0. The Bertz CT molecular complexity index is 1020. The van der Waals surface area contributed by atoms with Crippen LogP contribution in [-0.2, 0) is 6.54 Å². The molecule has 6 nitrogen and oxygen atoms in total. The van der Waals surface area contributed by atoms with Crippen molar-refractivity contribution in [2.75, 3.05) is 11.5 Å². The number of anilines is 2. The maximum Gasteiger partial charge on any atom is 0.222 e. The van der Waals surface area contributed by atoms with E-state index in [0.717, 1.165) is 32.0 Å². The number of rotatable bonds is 2. The molecule has 0 aliphatic carbocycles. The quantitative estimate of drug-likeness (QED) is 0.566. The fourth-order valence-corrected chi connectivity index (χ4v) is 2.95. The molecule has 0 aliphatic rings. The van der Waals surface area contributed by atoms with E-state index in [4.69, 9.17) is 11.5 Å². The lowest BCUT2D eigenvalue weighted by molar-refractivity contribution is 0.807. The summed E-state index contributed by atoms with van der Waals surface area (Å²) in [5, 5.41) is 1.81. The molecule has 0 spiro atoms. The van der Waals surface area contributed by atoms with Crippen LogP contribution in [0.1, 0.15) is 5.69 Å². The average Bonchev–Trinajstić information content (AvgIpc) is 2.93. The van der Waals surface area contributed by atoms with Crippen LogP contribution in [0.5, 0.6) is 0 Å². The standard InChI is InChI=1S/C16H13BrN6/c17-9-1-2-10(20-7-9)8-23-6-5-11-13(23)4-3-12-14(11)21-16(19)22-15(12)18/h1-7H,8H2,(H4,18,19,21,22). The monoisotopic (exact) mass is 368 g/mol. The van der Waals surface area contributed by atoms with Crippen LogP contribution in [-0.4, -0.2) is 19.5 Å². The lowest BCUT2D eigenvalue weighted by Gasteiger charge is -2.07. The van der Waals surface area contributed by atoms with Gasteiger partial charge < -0.3 is 16.0 Å². The molecule has 0 amide bonds. The molecule has 3 aromatic heterocycles. The van der Waals surface area contributed by atoms with Crippen molar-refractivity contribution in [3.05, 3.63) is 52.9 Å². The van der Waals surface area contributed by atoms with Gasteiger partial charge in [0.05, 0.1) is 23.3 Å². The van der Waals surface area contributed by atoms with Crippen LogP contribution < -0.4 is 11.5 Å². The molecule has 4 aromatic rings. The van der Waals surface area contributed by atoms with E-state index in [9.17, 15) is 0 Å². The van der Waals surface area contributed by atoms with Gasteiger partial charge >= 0.3 is 0 Å². The molecule has 0 bridgehead atoms. The molecule has 0 radical (unpaired) electrons. The van der Waals surface area contributed by atoms with Gasteiger partial charge in [0.15, 0.2) is 0 Å². The summed E-state index contributed by atoms with van der Waals surface area (Å²) in [6.07, 6.45) is 3.81. The molecule has 0 atom stereocenters. The van der Waals surface area contributed by atoms with Crippen molar-refractivity contribution in [3.8, 4) is 0 Å². The van der Waals surface area contributed by atoms with Crippen molar-refractivity contribution in [1.29, 1.82) is 0 Å². The molecule has 3 heterocycles. The number of nitrogens with zero attached hydrogens (tertiary/aromatic N) is 4. The Kier molecular flexibility index (Phi) is 3.16. The molecule has 0 unspecified atom stereocenters. The second kappa shape index (κ2) is 5.20. The van der Waals surface area contributed by atoms with Crippen LogP contribution in [0.2, 0.25) is 0 Å². The second-order valence-electron chi connectivity index (χ2n) is 5.27. The zero-order chi connectivity index (χ0) is 16.0. The summed E-state index contributed by atoms with van der Waals surface area (Å²) in [6, 6.07) is 9.94. The molecule has 4 rings (SSSR count). The smallest absolute Gasteiger partial charge is 0.222 e. The Morgan fingerprint density at radius 1 is 1.00 bits per heavy atom. The number of nitrogens with two attached hydrogens (primary N) is 2. The minimum Gasteiger partial charge on any atom is -0.383 e. The number of nitrogen functional groups attached to an aromatic ring is 2. The van der Waals surface area contributed by atoms with Gasteiger partial charge in [-0.25, -0.2) is 4.98 Å². The van der Waals surface area contributed by atoms with E-state index >= 15 is 0 Å². The lowest BCUT2D eigenvalue weighted by Crippen LogP contribution is -2.02. The van der Waals surface area contributed by atoms with Crippen LogP contribution >= 0.6 is 15.9 Å². The van der Waals surface area contributed by atoms with Gasteiger partial charge in [-0.2, -0.15) is 4.98 Å². The van der Waals surface area contributed by atoms with Crippen LogP contribution in [0.25, 0.3) is 21.8 Å². The molecule has 0 saturated carbocycles. The molecule has 0 saturated heterocycles. The number of aromatic nitrogens is 4. The maximum absolute atomic E-state index is 5.94. The molecule has 0 aliphatic heterocycles. The number of halogens is 1. The molecular formula is C16H13BrN6. The van der Waals surface area contributed by atoms with Gasteiger partial charge in [0, 0.05) is 27.6 Å². The topological polar surface area (TPSA) is 95.6 Å². The minimum absolute atomic E-state index is 0.185. The van der Waals surface area contributed by atoms with E-state index in [0.29, 0.717) is 12.4 Å². The van der Waals surface area contributed by atoms with E-state index in [2.05, 4.69) is 35.4 Å². The third kappa shape index (κ3) is 2.39. The zero-order valence-electron chi connectivity index (χ0n) is 12.1. The van der Waals surface area contributed by atoms with Gasteiger partial charge in [-0.05, 0) is 46.3 Å². The molecule has 23 heavy (non-hydrogen) atoms. The molecular weight excluding hydrogens is 356 g/mol. The third-order valence-corrected chi connectivity index (χ3v) is 4.25. The summed E-state index contributed by atoms with van der Waals surface area (Å²) in [5.74, 6) is 0.585. The van der Waals surface area contributed by atoms with Gasteiger partial charge in [0.1, 0.15) is 5.82 Å². The summed E-state index contributed by atoms with van der Waals surface area (Å²) in [5.41, 5.74) is 14.5. The highest BCUT2D eigenvalue weighted by Crippen LogP contribution is 2.28. The Balaban J connectivity index is 1.86. The van der Waals surface area contributed by atoms with E-state index in [1.807, 2.05) is 36.5 Å². The highest BCUT2D eigenvalue weighted by molar-refractivity contribution is 9.10. The largest absolute Gasteiger partial charge is 0.383 e. The first-order valence-corrected chi connectivity index (χ1v) is 7.82. The number of hydrogen-bond acceptors (Lipinski definition) is 5. The van der Waals surface area contributed by atoms with Crippen molar-refractivity contribution >= 4 is 49.5 Å². The fraction of sp³-hybridized carbons (Fsp3) is 0.0625. The van der Waals surface area contributed by atoms with Gasteiger partial charge in [-0.15, -0.1) is 0 Å². The SMILES string of the molecule is Nc1nc(N)c2ccc3c(ccn3Cc3ccc(Br)cn3)c2n1. The second-order valence-corrected chi connectivity index (χ2v) is 6.19. The molecule has 4 N–H and O–H groups in total. The average molecular weight is 369 g/mol.